The Hall–Kier alpha value is -1.38. The van der Waals surface area contributed by atoms with Gasteiger partial charge in [-0.2, -0.15) is 0 Å². The Morgan fingerprint density at radius 1 is 1.10 bits per heavy atom. The smallest absolute Gasteiger partial charge is 0.254 e. The second kappa shape index (κ2) is 5.94. The van der Waals surface area contributed by atoms with Gasteiger partial charge in [0.05, 0.1) is 0 Å². The van der Waals surface area contributed by atoms with Crippen LogP contribution in [0.1, 0.15) is 62.2 Å². The maximum absolute atomic E-state index is 12.8. The van der Waals surface area contributed by atoms with Crippen LogP contribution < -0.4 is 0 Å². The molecule has 108 valence electrons. The van der Waals surface area contributed by atoms with Crippen molar-refractivity contribution in [2.45, 2.75) is 64.0 Å². The number of carbonyl (C=O) groups is 1. The minimum Gasteiger partial charge on any atom is -0.333 e. The summed E-state index contributed by atoms with van der Waals surface area (Å²) in [5.74, 6) is 1.10. The molecule has 0 N–H and O–H groups in total. The number of hydrogen-bond donors (Lipinski definition) is 0. The van der Waals surface area contributed by atoms with E-state index in [2.05, 4.69) is 16.8 Å². The van der Waals surface area contributed by atoms with E-state index < -0.39 is 0 Å². The molecule has 0 unspecified atom stereocenters. The molecule has 3 heteroatoms. The van der Waals surface area contributed by atoms with Crippen LogP contribution in [-0.4, -0.2) is 27.9 Å². The molecular weight excluding hydrogens is 248 g/mol. The molecule has 2 saturated carbocycles. The lowest BCUT2D eigenvalue weighted by Crippen LogP contribution is -2.43. The monoisotopic (exact) mass is 272 g/mol. The predicted molar refractivity (Wildman–Crippen MR) is 79.5 cm³/mol. The van der Waals surface area contributed by atoms with Crippen LogP contribution in [0.5, 0.6) is 0 Å². The van der Waals surface area contributed by atoms with E-state index in [1.54, 1.807) is 12.4 Å². The highest BCUT2D eigenvalue weighted by Crippen LogP contribution is 2.36. The number of rotatable bonds is 4. The van der Waals surface area contributed by atoms with Gasteiger partial charge in [0.1, 0.15) is 0 Å². The van der Waals surface area contributed by atoms with Crippen molar-refractivity contribution in [3.63, 3.8) is 0 Å². The fourth-order valence-electron chi connectivity index (χ4n) is 3.46. The highest BCUT2D eigenvalue weighted by atomic mass is 16.2. The zero-order chi connectivity index (χ0) is 13.9. The molecule has 3 rings (SSSR count). The quantitative estimate of drug-likeness (QED) is 0.838. The van der Waals surface area contributed by atoms with Crippen LogP contribution in [0.25, 0.3) is 0 Å². The van der Waals surface area contributed by atoms with Crippen molar-refractivity contribution in [3.8, 4) is 0 Å². The number of amides is 1. The average Bonchev–Trinajstić information content (AvgIpc) is 3.34. The molecule has 0 bridgehead atoms. The molecule has 0 saturated heterocycles. The average molecular weight is 272 g/mol. The summed E-state index contributed by atoms with van der Waals surface area (Å²) in [6, 6.07) is 4.65. The van der Waals surface area contributed by atoms with Gasteiger partial charge < -0.3 is 4.90 Å². The van der Waals surface area contributed by atoms with Crippen molar-refractivity contribution in [1.29, 1.82) is 0 Å². The molecular formula is C17H24N2O. The molecule has 2 fully saturated rings. The van der Waals surface area contributed by atoms with Gasteiger partial charge in [-0.25, -0.2) is 0 Å². The maximum Gasteiger partial charge on any atom is 0.254 e. The van der Waals surface area contributed by atoms with Gasteiger partial charge >= 0.3 is 0 Å². The van der Waals surface area contributed by atoms with Crippen LogP contribution >= 0.6 is 0 Å². The largest absolute Gasteiger partial charge is 0.333 e. The molecule has 1 amide bonds. The third kappa shape index (κ3) is 2.87. The summed E-state index contributed by atoms with van der Waals surface area (Å²) in [5.41, 5.74) is 0.796. The Kier molecular flexibility index (Phi) is 4.04. The maximum atomic E-state index is 12.8. The molecule has 1 aromatic rings. The number of nitrogens with zero attached hydrogens (tertiary/aromatic N) is 2. The van der Waals surface area contributed by atoms with E-state index in [0.29, 0.717) is 12.1 Å². The van der Waals surface area contributed by atoms with Gasteiger partial charge in [-0.3, -0.25) is 9.78 Å². The molecule has 3 nitrogen and oxygen atoms in total. The summed E-state index contributed by atoms with van der Waals surface area (Å²) in [5, 5.41) is 0. The molecule has 1 aromatic heterocycles. The summed E-state index contributed by atoms with van der Waals surface area (Å²) in [4.78, 5) is 19.0. The molecule has 0 aromatic carbocycles. The van der Waals surface area contributed by atoms with Crippen molar-refractivity contribution < 1.29 is 4.79 Å². The van der Waals surface area contributed by atoms with Crippen LogP contribution in [-0.2, 0) is 0 Å². The first-order chi connectivity index (χ1) is 9.79. The van der Waals surface area contributed by atoms with Gasteiger partial charge in [0.2, 0.25) is 0 Å². The SMILES string of the molecule is CCC1CCC(N(C(=O)c2ccncc2)C2CC2)CC1. The Bertz CT molecular complexity index is 447. The summed E-state index contributed by atoms with van der Waals surface area (Å²) in [6.07, 6.45) is 12.0. The van der Waals surface area contributed by atoms with Gasteiger partial charge in [-0.05, 0) is 56.6 Å². The topological polar surface area (TPSA) is 33.2 Å². The molecule has 1 heterocycles. The number of pyridine rings is 1. The van der Waals surface area contributed by atoms with Crippen molar-refractivity contribution in [2.75, 3.05) is 0 Å². The fourth-order valence-corrected chi connectivity index (χ4v) is 3.46. The third-order valence-corrected chi connectivity index (χ3v) is 4.89. The van der Waals surface area contributed by atoms with Crippen LogP contribution in [0.15, 0.2) is 24.5 Å². The fraction of sp³-hybridized carbons (Fsp3) is 0.647. The second-order valence-electron chi connectivity index (χ2n) is 6.26. The molecule has 0 aliphatic heterocycles. The van der Waals surface area contributed by atoms with Crippen molar-refractivity contribution in [2.24, 2.45) is 5.92 Å². The van der Waals surface area contributed by atoms with Crippen LogP contribution in [0, 0.1) is 5.92 Å². The molecule has 0 radical (unpaired) electrons. The van der Waals surface area contributed by atoms with Gasteiger partial charge in [0.25, 0.3) is 5.91 Å². The van der Waals surface area contributed by atoms with Gasteiger partial charge in [0.15, 0.2) is 0 Å². The van der Waals surface area contributed by atoms with Gasteiger partial charge in [-0.15, -0.1) is 0 Å². The molecule has 2 aliphatic carbocycles. The molecule has 0 atom stereocenters. The van der Waals surface area contributed by atoms with E-state index in [4.69, 9.17) is 0 Å². The van der Waals surface area contributed by atoms with E-state index in [1.807, 2.05) is 12.1 Å². The first-order valence-corrected chi connectivity index (χ1v) is 8.02. The Morgan fingerprint density at radius 3 is 2.15 bits per heavy atom. The lowest BCUT2D eigenvalue weighted by atomic mass is 9.83. The summed E-state index contributed by atoms with van der Waals surface area (Å²) in [7, 11) is 0. The van der Waals surface area contributed by atoms with E-state index in [9.17, 15) is 4.79 Å². The normalized spacial score (nSPS) is 26.2. The summed E-state index contributed by atoms with van der Waals surface area (Å²) in [6.45, 7) is 2.28. The van der Waals surface area contributed by atoms with E-state index in [1.165, 1.54) is 44.9 Å². The van der Waals surface area contributed by atoms with Crippen molar-refractivity contribution in [3.05, 3.63) is 30.1 Å². The highest BCUT2D eigenvalue weighted by molar-refractivity contribution is 5.94. The Labute approximate surface area is 121 Å². The number of hydrogen-bond acceptors (Lipinski definition) is 2. The standard InChI is InChI=1S/C17H24N2O/c1-2-13-3-5-15(6-4-13)19(16-7-8-16)17(20)14-9-11-18-12-10-14/h9-13,15-16H,2-8H2,1H3. The van der Waals surface area contributed by atoms with Gasteiger partial charge in [0, 0.05) is 30.0 Å². The zero-order valence-corrected chi connectivity index (χ0v) is 12.3. The Morgan fingerprint density at radius 2 is 1.65 bits per heavy atom. The van der Waals surface area contributed by atoms with Gasteiger partial charge in [-0.1, -0.05) is 13.3 Å². The minimum absolute atomic E-state index is 0.217. The third-order valence-electron chi connectivity index (χ3n) is 4.89. The van der Waals surface area contributed by atoms with Crippen molar-refractivity contribution >= 4 is 5.91 Å². The van der Waals surface area contributed by atoms with Crippen LogP contribution in [0.2, 0.25) is 0 Å². The minimum atomic E-state index is 0.217. The zero-order valence-electron chi connectivity index (χ0n) is 12.3. The second-order valence-corrected chi connectivity index (χ2v) is 6.26. The Balaban J connectivity index is 1.72. The van der Waals surface area contributed by atoms with E-state index >= 15 is 0 Å². The molecule has 2 aliphatic rings. The van der Waals surface area contributed by atoms with Crippen LogP contribution in [0.3, 0.4) is 0 Å². The first kappa shape index (κ1) is 13.6. The predicted octanol–water partition coefficient (Wildman–Crippen LogP) is 3.66. The van der Waals surface area contributed by atoms with Crippen LogP contribution in [0.4, 0.5) is 0 Å². The highest BCUT2D eigenvalue weighted by Gasteiger charge is 2.38. The first-order valence-electron chi connectivity index (χ1n) is 8.02. The van der Waals surface area contributed by atoms with E-state index in [-0.39, 0.29) is 5.91 Å². The lowest BCUT2D eigenvalue weighted by Gasteiger charge is -2.37. The molecule has 20 heavy (non-hydrogen) atoms. The number of aromatic nitrogens is 1. The van der Waals surface area contributed by atoms with Crippen molar-refractivity contribution in [1.82, 2.24) is 9.88 Å². The summed E-state index contributed by atoms with van der Waals surface area (Å²) < 4.78 is 0. The molecule has 0 spiro atoms. The lowest BCUT2D eigenvalue weighted by molar-refractivity contribution is 0.0587. The van der Waals surface area contributed by atoms with E-state index in [0.717, 1.165) is 11.5 Å². The summed E-state index contributed by atoms with van der Waals surface area (Å²) >= 11 is 0. The number of carbonyl (C=O) groups excluding carboxylic acids is 1.